The van der Waals surface area contributed by atoms with Crippen molar-refractivity contribution in [3.05, 3.63) is 0 Å². The Labute approximate surface area is 86.7 Å². The van der Waals surface area contributed by atoms with Gasteiger partial charge in [-0.25, -0.2) is 0 Å². The molecule has 0 aromatic carbocycles. The van der Waals surface area contributed by atoms with Crippen LogP contribution in [0.3, 0.4) is 0 Å². The number of aliphatic hydroxyl groups excluding tert-OH is 1. The fourth-order valence-corrected chi connectivity index (χ4v) is 1.48. The highest BCUT2D eigenvalue weighted by Gasteiger charge is 2.26. The molecule has 0 aliphatic rings. The van der Waals surface area contributed by atoms with Gasteiger partial charge in [0, 0.05) is 25.1 Å². The van der Waals surface area contributed by atoms with Gasteiger partial charge in [0.05, 0.1) is 0 Å². The van der Waals surface area contributed by atoms with Crippen molar-refractivity contribution in [1.82, 2.24) is 10.6 Å². The highest BCUT2D eigenvalue weighted by molar-refractivity contribution is 4.77. The van der Waals surface area contributed by atoms with Gasteiger partial charge in [0.2, 0.25) is 0 Å². The normalized spacial score (nSPS) is 12.9. The standard InChI is InChI=1S/C10H24N2O2/c1-8(2)11-10(14,6-5-7-13)12-9(3)4/h8-9,11-14H,5-7H2,1-4H3. The van der Waals surface area contributed by atoms with E-state index in [1.165, 1.54) is 0 Å². The molecule has 4 heteroatoms. The molecule has 0 unspecified atom stereocenters. The van der Waals surface area contributed by atoms with Gasteiger partial charge >= 0.3 is 0 Å². The van der Waals surface area contributed by atoms with Crippen LogP contribution in [0.1, 0.15) is 40.5 Å². The number of aliphatic hydroxyl groups is 2. The number of rotatable bonds is 7. The molecule has 0 aliphatic heterocycles. The third kappa shape index (κ3) is 6.32. The van der Waals surface area contributed by atoms with E-state index < -0.39 is 5.85 Å². The first-order chi connectivity index (χ1) is 6.39. The molecule has 0 bridgehead atoms. The predicted molar refractivity (Wildman–Crippen MR) is 57.8 cm³/mol. The van der Waals surface area contributed by atoms with Crippen LogP contribution < -0.4 is 10.6 Å². The van der Waals surface area contributed by atoms with E-state index >= 15 is 0 Å². The van der Waals surface area contributed by atoms with Gasteiger partial charge in [0.15, 0.2) is 5.85 Å². The van der Waals surface area contributed by atoms with Gasteiger partial charge in [-0.05, 0) is 34.1 Å². The lowest BCUT2D eigenvalue weighted by Crippen LogP contribution is -2.61. The zero-order valence-corrected chi connectivity index (χ0v) is 9.67. The summed E-state index contributed by atoms with van der Waals surface area (Å²) in [7, 11) is 0. The van der Waals surface area contributed by atoms with Crippen molar-refractivity contribution in [2.24, 2.45) is 0 Å². The first-order valence-electron chi connectivity index (χ1n) is 5.28. The second-order valence-electron chi connectivity index (χ2n) is 4.29. The summed E-state index contributed by atoms with van der Waals surface area (Å²) in [6.07, 6.45) is 1.08. The van der Waals surface area contributed by atoms with Crippen LogP contribution >= 0.6 is 0 Å². The highest BCUT2D eigenvalue weighted by Crippen LogP contribution is 2.08. The summed E-state index contributed by atoms with van der Waals surface area (Å²) in [5.41, 5.74) is 0. The topological polar surface area (TPSA) is 64.5 Å². The molecule has 0 aromatic heterocycles. The summed E-state index contributed by atoms with van der Waals surface area (Å²) < 4.78 is 0. The van der Waals surface area contributed by atoms with Crippen molar-refractivity contribution in [3.63, 3.8) is 0 Å². The fourth-order valence-electron chi connectivity index (χ4n) is 1.48. The molecule has 0 spiro atoms. The smallest absolute Gasteiger partial charge is 0.172 e. The lowest BCUT2D eigenvalue weighted by atomic mass is 10.1. The molecular formula is C10H24N2O2. The second kappa shape index (κ2) is 6.35. The first-order valence-corrected chi connectivity index (χ1v) is 5.28. The van der Waals surface area contributed by atoms with Crippen molar-refractivity contribution in [3.8, 4) is 0 Å². The monoisotopic (exact) mass is 204 g/mol. The summed E-state index contributed by atoms with van der Waals surface area (Å²) in [6.45, 7) is 8.01. The first kappa shape index (κ1) is 13.8. The number of nitrogens with one attached hydrogen (secondary N) is 2. The maximum Gasteiger partial charge on any atom is 0.172 e. The number of hydrogen-bond donors (Lipinski definition) is 4. The van der Waals surface area contributed by atoms with Crippen LogP contribution in [0.15, 0.2) is 0 Å². The van der Waals surface area contributed by atoms with E-state index in [0.717, 1.165) is 0 Å². The molecule has 0 saturated heterocycles. The quantitative estimate of drug-likeness (QED) is 0.453. The maximum atomic E-state index is 10.1. The van der Waals surface area contributed by atoms with Gasteiger partial charge in [-0.1, -0.05) is 0 Å². The number of hydrogen-bond acceptors (Lipinski definition) is 4. The van der Waals surface area contributed by atoms with Gasteiger partial charge in [-0.2, -0.15) is 0 Å². The van der Waals surface area contributed by atoms with Crippen LogP contribution in [0.2, 0.25) is 0 Å². The Balaban J connectivity index is 4.17. The molecule has 86 valence electrons. The predicted octanol–water partition coefficient (Wildman–Crippen LogP) is 0.401. The van der Waals surface area contributed by atoms with Gasteiger partial charge in [-0.15, -0.1) is 0 Å². The van der Waals surface area contributed by atoms with E-state index in [0.29, 0.717) is 12.8 Å². The Kier molecular flexibility index (Phi) is 6.27. The van der Waals surface area contributed by atoms with Crippen molar-refractivity contribution >= 4 is 0 Å². The molecule has 0 fully saturated rings. The van der Waals surface area contributed by atoms with E-state index in [9.17, 15) is 5.11 Å². The Morgan fingerprint density at radius 1 is 1.07 bits per heavy atom. The Morgan fingerprint density at radius 3 is 1.79 bits per heavy atom. The molecule has 0 saturated carbocycles. The molecule has 0 aliphatic carbocycles. The SMILES string of the molecule is CC(C)NC(O)(CCCO)NC(C)C. The third-order valence-corrected chi connectivity index (χ3v) is 1.75. The van der Waals surface area contributed by atoms with E-state index in [4.69, 9.17) is 5.11 Å². The van der Waals surface area contributed by atoms with Crippen molar-refractivity contribution in [2.45, 2.75) is 58.5 Å². The Morgan fingerprint density at radius 2 is 1.50 bits per heavy atom. The van der Waals surface area contributed by atoms with Gasteiger partial charge < -0.3 is 10.2 Å². The van der Waals surface area contributed by atoms with Crippen LogP contribution in [-0.2, 0) is 0 Å². The summed E-state index contributed by atoms with van der Waals surface area (Å²) >= 11 is 0. The lowest BCUT2D eigenvalue weighted by Gasteiger charge is -2.34. The molecule has 0 amide bonds. The van der Waals surface area contributed by atoms with Crippen molar-refractivity contribution in [2.75, 3.05) is 6.61 Å². The largest absolute Gasteiger partial charge is 0.396 e. The van der Waals surface area contributed by atoms with E-state index in [1.54, 1.807) is 0 Å². The second-order valence-corrected chi connectivity index (χ2v) is 4.29. The summed E-state index contributed by atoms with van der Waals surface area (Å²) in [5.74, 6) is -1.06. The Hall–Kier alpha value is -0.160. The lowest BCUT2D eigenvalue weighted by molar-refractivity contribution is -0.0527. The van der Waals surface area contributed by atoms with Gasteiger partial charge in [0.1, 0.15) is 0 Å². The minimum absolute atomic E-state index is 0.0991. The van der Waals surface area contributed by atoms with Crippen LogP contribution in [0.4, 0.5) is 0 Å². The molecular weight excluding hydrogens is 180 g/mol. The molecule has 4 N–H and O–H groups in total. The van der Waals surface area contributed by atoms with Gasteiger partial charge in [0.25, 0.3) is 0 Å². The van der Waals surface area contributed by atoms with Crippen LogP contribution in [0, 0.1) is 0 Å². The van der Waals surface area contributed by atoms with Crippen LogP contribution in [0.25, 0.3) is 0 Å². The maximum absolute atomic E-state index is 10.1. The highest BCUT2D eigenvalue weighted by atomic mass is 16.3. The van der Waals surface area contributed by atoms with Gasteiger partial charge in [-0.3, -0.25) is 10.6 Å². The fraction of sp³-hybridized carbons (Fsp3) is 1.00. The van der Waals surface area contributed by atoms with E-state index in [2.05, 4.69) is 10.6 Å². The third-order valence-electron chi connectivity index (χ3n) is 1.75. The summed E-state index contributed by atoms with van der Waals surface area (Å²) in [5, 5.41) is 25.0. The molecule has 4 nitrogen and oxygen atoms in total. The Bertz CT molecular complexity index is 139. The van der Waals surface area contributed by atoms with Crippen molar-refractivity contribution in [1.29, 1.82) is 0 Å². The molecule has 0 atom stereocenters. The van der Waals surface area contributed by atoms with Crippen LogP contribution in [0.5, 0.6) is 0 Å². The molecule has 0 heterocycles. The van der Waals surface area contributed by atoms with E-state index in [1.807, 2.05) is 27.7 Å². The average Bonchev–Trinajstić information content (AvgIpc) is 1.97. The summed E-state index contributed by atoms with van der Waals surface area (Å²) in [4.78, 5) is 0. The zero-order chi connectivity index (χ0) is 11.2. The minimum atomic E-state index is -1.06. The van der Waals surface area contributed by atoms with E-state index in [-0.39, 0.29) is 18.7 Å². The average molecular weight is 204 g/mol. The molecule has 0 radical (unpaired) electrons. The molecule has 14 heavy (non-hydrogen) atoms. The summed E-state index contributed by atoms with van der Waals surface area (Å²) in [6, 6.07) is 0.398. The zero-order valence-electron chi connectivity index (χ0n) is 9.67. The minimum Gasteiger partial charge on any atom is -0.396 e. The van der Waals surface area contributed by atoms with Crippen molar-refractivity contribution < 1.29 is 10.2 Å². The molecule has 0 aromatic rings. The molecule has 0 rings (SSSR count). The van der Waals surface area contributed by atoms with Crippen LogP contribution in [-0.4, -0.2) is 34.8 Å².